The van der Waals surface area contributed by atoms with E-state index in [9.17, 15) is 22.8 Å². The molecule has 0 atom stereocenters. The van der Waals surface area contributed by atoms with Crippen LogP contribution in [0.1, 0.15) is 43.6 Å². The van der Waals surface area contributed by atoms with Crippen molar-refractivity contribution in [3.63, 3.8) is 0 Å². The number of fused-ring (bicyclic) bond motifs is 1. The van der Waals surface area contributed by atoms with Gasteiger partial charge in [0.2, 0.25) is 10.0 Å². The summed E-state index contributed by atoms with van der Waals surface area (Å²) in [6, 6.07) is 14.4. The second kappa shape index (κ2) is 12.1. The Bertz CT molecular complexity index is 1470. The fourth-order valence-electron chi connectivity index (χ4n) is 4.34. The van der Waals surface area contributed by atoms with Gasteiger partial charge in [-0.3, -0.25) is 14.9 Å². The van der Waals surface area contributed by atoms with Crippen LogP contribution < -0.4 is 16.0 Å². The lowest BCUT2D eigenvalue weighted by Crippen LogP contribution is -2.38. The quantitative estimate of drug-likeness (QED) is 0.382. The number of carbonyl (C=O) groups excluding carboxylic acids is 3. The predicted molar refractivity (Wildman–Crippen MR) is 150 cm³/mol. The van der Waals surface area contributed by atoms with Crippen molar-refractivity contribution in [3.05, 3.63) is 81.7 Å². The van der Waals surface area contributed by atoms with Gasteiger partial charge in [0, 0.05) is 43.7 Å². The Balaban J connectivity index is 1.55. The lowest BCUT2D eigenvalue weighted by molar-refractivity contribution is 0.0964. The molecule has 12 heteroatoms. The third-order valence-corrected chi connectivity index (χ3v) is 9.53. The molecule has 39 heavy (non-hydrogen) atoms. The summed E-state index contributed by atoms with van der Waals surface area (Å²) in [4.78, 5) is 41.0. The van der Waals surface area contributed by atoms with E-state index in [0.29, 0.717) is 24.5 Å². The standard InChI is InChI=1S/C27H31N5O5S2/c1-4-32(16-18-8-6-5-7-9-18)39(36,37)20-12-10-19(11-13-20)24(33)29-26-23(25(34)30-27(35)28-2)21-14-15-31(3)17-22(21)38-26/h5-13H,4,14-17H2,1-3H3,(H,29,33)(H2,28,30,34,35). The Hall–Kier alpha value is -3.58. The first kappa shape index (κ1) is 28.4. The van der Waals surface area contributed by atoms with Crippen molar-refractivity contribution in [2.24, 2.45) is 0 Å². The van der Waals surface area contributed by atoms with Gasteiger partial charge in [0.25, 0.3) is 11.8 Å². The van der Waals surface area contributed by atoms with Gasteiger partial charge >= 0.3 is 6.03 Å². The zero-order valence-electron chi connectivity index (χ0n) is 22.0. The third kappa shape index (κ3) is 6.36. The van der Waals surface area contributed by atoms with E-state index in [1.54, 1.807) is 6.92 Å². The summed E-state index contributed by atoms with van der Waals surface area (Å²) in [6.45, 7) is 3.67. The van der Waals surface area contributed by atoms with Crippen molar-refractivity contribution in [2.45, 2.75) is 31.3 Å². The lowest BCUT2D eigenvalue weighted by atomic mass is 10.0. The van der Waals surface area contributed by atoms with Crippen molar-refractivity contribution in [1.29, 1.82) is 0 Å². The molecule has 3 N–H and O–H groups in total. The average molecular weight is 570 g/mol. The Morgan fingerprint density at radius 2 is 1.72 bits per heavy atom. The molecule has 0 saturated heterocycles. The van der Waals surface area contributed by atoms with E-state index >= 15 is 0 Å². The molecule has 2 heterocycles. The summed E-state index contributed by atoms with van der Waals surface area (Å²) in [5.41, 5.74) is 2.20. The fraction of sp³-hybridized carbons (Fsp3) is 0.296. The van der Waals surface area contributed by atoms with Crippen LogP contribution in [-0.4, -0.2) is 62.7 Å². The fourth-order valence-corrected chi connectivity index (χ4v) is 7.10. The summed E-state index contributed by atoms with van der Waals surface area (Å²) >= 11 is 1.30. The number of hydrogen-bond acceptors (Lipinski definition) is 7. The highest BCUT2D eigenvalue weighted by molar-refractivity contribution is 7.89. The second-order valence-corrected chi connectivity index (χ2v) is 12.2. The van der Waals surface area contributed by atoms with Crippen molar-refractivity contribution >= 4 is 44.2 Å². The van der Waals surface area contributed by atoms with Crippen LogP contribution in [0.5, 0.6) is 0 Å². The number of thiophene rings is 1. The van der Waals surface area contributed by atoms with Crippen molar-refractivity contribution in [3.8, 4) is 0 Å². The van der Waals surface area contributed by atoms with Gasteiger partial charge in [-0.15, -0.1) is 11.3 Å². The minimum Gasteiger partial charge on any atom is -0.341 e. The number of hydrogen-bond donors (Lipinski definition) is 3. The summed E-state index contributed by atoms with van der Waals surface area (Å²) in [5.74, 6) is -1.08. The summed E-state index contributed by atoms with van der Waals surface area (Å²) in [7, 11) is -0.398. The molecule has 4 rings (SSSR count). The number of likely N-dealkylation sites (N-methyl/N-ethyl adjacent to an activating group) is 1. The topological polar surface area (TPSA) is 128 Å². The highest BCUT2D eigenvalue weighted by atomic mass is 32.2. The number of imide groups is 1. The van der Waals surface area contributed by atoms with Crippen molar-refractivity contribution in [1.82, 2.24) is 19.8 Å². The van der Waals surface area contributed by atoms with E-state index in [1.807, 2.05) is 37.4 Å². The maximum Gasteiger partial charge on any atom is 0.321 e. The van der Waals surface area contributed by atoms with Crippen LogP contribution in [0.2, 0.25) is 0 Å². The van der Waals surface area contributed by atoms with Gasteiger partial charge in [-0.05, 0) is 48.9 Å². The molecule has 10 nitrogen and oxygen atoms in total. The molecule has 0 fully saturated rings. The zero-order valence-corrected chi connectivity index (χ0v) is 23.6. The minimum absolute atomic E-state index is 0.0806. The Morgan fingerprint density at radius 1 is 1.03 bits per heavy atom. The van der Waals surface area contributed by atoms with Gasteiger partial charge in [0.15, 0.2) is 0 Å². The summed E-state index contributed by atoms with van der Waals surface area (Å²) in [5, 5.41) is 7.79. The second-order valence-electron chi connectivity index (χ2n) is 9.12. The maximum atomic E-state index is 13.3. The largest absolute Gasteiger partial charge is 0.341 e. The molecule has 0 radical (unpaired) electrons. The summed E-state index contributed by atoms with van der Waals surface area (Å²) < 4.78 is 27.9. The van der Waals surface area contributed by atoms with Crippen LogP contribution in [-0.2, 0) is 29.5 Å². The van der Waals surface area contributed by atoms with E-state index in [1.165, 1.54) is 47.0 Å². The smallest absolute Gasteiger partial charge is 0.321 e. The van der Waals surface area contributed by atoms with Crippen LogP contribution in [0.3, 0.4) is 0 Å². The van der Waals surface area contributed by atoms with E-state index in [0.717, 1.165) is 22.5 Å². The van der Waals surface area contributed by atoms with Crippen molar-refractivity contribution < 1.29 is 22.8 Å². The molecule has 206 valence electrons. The number of carbonyl (C=O) groups is 3. The summed E-state index contributed by atoms with van der Waals surface area (Å²) in [6.07, 6.45) is 0.609. The van der Waals surface area contributed by atoms with E-state index < -0.39 is 27.9 Å². The molecular formula is C27H31N5O5S2. The van der Waals surface area contributed by atoms with Crippen LogP contribution in [0, 0.1) is 0 Å². The molecule has 4 amide bonds. The number of nitrogens with zero attached hydrogens (tertiary/aromatic N) is 2. The molecule has 1 aromatic heterocycles. The van der Waals surface area contributed by atoms with Crippen LogP contribution in [0.15, 0.2) is 59.5 Å². The van der Waals surface area contributed by atoms with Gasteiger partial charge in [-0.2, -0.15) is 4.31 Å². The molecule has 1 aliphatic heterocycles. The van der Waals surface area contributed by atoms with Gasteiger partial charge in [-0.1, -0.05) is 37.3 Å². The molecule has 0 saturated carbocycles. The molecule has 0 aliphatic carbocycles. The first-order valence-electron chi connectivity index (χ1n) is 12.5. The van der Waals surface area contributed by atoms with Gasteiger partial charge < -0.3 is 15.5 Å². The molecule has 0 unspecified atom stereocenters. The number of urea groups is 1. The first-order chi connectivity index (χ1) is 18.6. The number of amides is 4. The van der Waals surface area contributed by atoms with E-state index in [2.05, 4.69) is 20.9 Å². The molecule has 0 spiro atoms. The minimum atomic E-state index is -3.78. The highest BCUT2D eigenvalue weighted by Crippen LogP contribution is 2.37. The Kier molecular flexibility index (Phi) is 8.80. The SMILES string of the molecule is CCN(Cc1ccccc1)S(=O)(=O)c1ccc(C(=O)Nc2sc3c(c2C(=O)NC(=O)NC)CCN(C)C3)cc1. The molecule has 0 bridgehead atoms. The first-order valence-corrected chi connectivity index (χ1v) is 14.7. The normalized spacial score (nSPS) is 13.5. The van der Waals surface area contributed by atoms with Gasteiger partial charge in [0.05, 0.1) is 10.5 Å². The number of sulfonamides is 1. The highest BCUT2D eigenvalue weighted by Gasteiger charge is 2.29. The number of rotatable bonds is 8. The molecule has 3 aromatic rings. The Morgan fingerprint density at radius 3 is 2.36 bits per heavy atom. The predicted octanol–water partition coefficient (Wildman–Crippen LogP) is 3.27. The third-order valence-electron chi connectivity index (χ3n) is 6.46. The average Bonchev–Trinajstić information content (AvgIpc) is 3.28. The van der Waals surface area contributed by atoms with Gasteiger partial charge in [0.1, 0.15) is 5.00 Å². The number of anilines is 1. The van der Waals surface area contributed by atoms with E-state index in [4.69, 9.17) is 0 Å². The van der Waals surface area contributed by atoms with E-state index in [-0.39, 0.29) is 22.6 Å². The van der Waals surface area contributed by atoms with Gasteiger partial charge in [-0.25, -0.2) is 13.2 Å². The molecule has 2 aromatic carbocycles. The molecular weight excluding hydrogens is 538 g/mol. The van der Waals surface area contributed by atoms with Crippen molar-refractivity contribution in [2.75, 3.05) is 32.5 Å². The number of nitrogens with one attached hydrogen (secondary N) is 3. The number of benzene rings is 2. The lowest BCUT2D eigenvalue weighted by Gasteiger charge is -2.22. The zero-order chi connectivity index (χ0) is 28.2. The van der Waals surface area contributed by atoms with Crippen LogP contribution in [0.25, 0.3) is 0 Å². The monoisotopic (exact) mass is 569 g/mol. The maximum absolute atomic E-state index is 13.3. The Labute approximate surface area is 232 Å². The van der Waals surface area contributed by atoms with Crippen LogP contribution >= 0.6 is 11.3 Å². The molecule has 1 aliphatic rings. The van der Waals surface area contributed by atoms with Crippen LogP contribution in [0.4, 0.5) is 9.80 Å².